The number of aliphatic carboxylic acids is 1. The summed E-state index contributed by atoms with van der Waals surface area (Å²) in [4.78, 5) is 23.2. The minimum Gasteiger partial charge on any atom is -0.481 e. The second-order valence-electron chi connectivity index (χ2n) is 6.64. The van der Waals surface area contributed by atoms with E-state index in [0.717, 1.165) is 12.1 Å². The third-order valence-corrected chi connectivity index (χ3v) is 4.61. The second kappa shape index (κ2) is 7.05. The largest absolute Gasteiger partial charge is 0.481 e. The minimum absolute atomic E-state index is 0.0331. The van der Waals surface area contributed by atoms with Crippen LogP contribution >= 0.6 is 0 Å². The van der Waals surface area contributed by atoms with Crippen LogP contribution in [-0.4, -0.2) is 28.2 Å². The fraction of sp³-hybridized carbons (Fsp3) is 0.389. The monoisotopic (exact) mass is 382 g/mol. The van der Waals surface area contributed by atoms with Crippen LogP contribution in [0, 0.1) is 12.8 Å². The molecule has 1 aliphatic rings. The van der Waals surface area contributed by atoms with Crippen LogP contribution in [0.5, 0.6) is 0 Å². The number of carbonyl (C=O) groups excluding carboxylic acids is 1. The summed E-state index contributed by atoms with van der Waals surface area (Å²) in [5.41, 5.74) is -0.129. The van der Waals surface area contributed by atoms with Crippen molar-refractivity contribution in [2.75, 3.05) is 0 Å². The normalized spacial score (nSPS) is 19.4. The predicted molar refractivity (Wildman–Crippen MR) is 87.9 cm³/mol. The first-order valence-electron chi connectivity index (χ1n) is 8.31. The number of aromatic nitrogens is 1. The van der Waals surface area contributed by atoms with Gasteiger partial charge in [-0.2, -0.15) is 13.2 Å². The van der Waals surface area contributed by atoms with Crippen LogP contribution in [-0.2, 0) is 11.0 Å². The third-order valence-electron chi connectivity index (χ3n) is 4.61. The lowest BCUT2D eigenvalue weighted by atomic mass is 9.78. The van der Waals surface area contributed by atoms with Gasteiger partial charge in [0, 0.05) is 18.0 Å². The molecule has 0 aliphatic heterocycles. The number of carboxylic acid groups (broad SMARTS) is 1. The Balaban J connectivity index is 1.73. The summed E-state index contributed by atoms with van der Waals surface area (Å²) in [6.07, 6.45) is -3.25. The molecule has 1 saturated carbocycles. The zero-order valence-electron chi connectivity index (χ0n) is 14.3. The van der Waals surface area contributed by atoms with Crippen molar-refractivity contribution in [1.82, 2.24) is 10.5 Å². The minimum atomic E-state index is -4.45. The summed E-state index contributed by atoms with van der Waals surface area (Å²) in [6.45, 7) is 1.55. The lowest BCUT2D eigenvalue weighted by molar-refractivity contribution is -0.139. The number of nitrogens with zero attached hydrogens (tertiary/aromatic N) is 1. The van der Waals surface area contributed by atoms with Crippen molar-refractivity contribution < 1.29 is 32.4 Å². The van der Waals surface area contributed by atoms with Crippen molar-refractivity contribution in [3.05, 3.63) is 41.2 Å². The highest BCUT2D eigenvalue weighted by atomic mass is 19.4. The molecule has 0 unspecified atom stereocenters. The Morgan fingerprint density at radius 1 is 1.26 bits per heavy atom. The fourth-order valence-corrected chi connectivity index (χ4v) is 3.18. The smallest absolute Gasteiger partial charge is 0.416 e. The number of rotatable bonds is 5. The van der Waals surface area contributed by atoms with Gasteiger partial charge in [0.25, 0.3) is 5.91 Å². The number of aryl methyl sites for hydroxylation is 1. The number of halogens is 3. The maximum atomic E-state index is 12.7. The molecule has 6 nitrogen and oxygen atoms in total. The molecule has 9 heteroatoms. The number of hydrogen-bond donors (Lipinski definition) is 2. The zero-order valence-corrected chi connectivity index (χ0v) is 14.3. The average molecular weight is 382 g/mol. The van der Waals surface area contributed by atoms with Crippen molar-refractivity contribution in [3.8, 4) is 11.3 Å². The fourth-order valence-electron chi connectivity index (χ4n) is 3.18. The molecule has 0 saturated heterocycles. The summed E-state index contributed by atoms with van der Waals surface area (Å²) < 4.78 is 43.2. The molecule has 0 spiro atoms. The van der Waals surface area contributed by atoms with E-state index in [1.165, 1.54) is 12.1 Å². The molecular weight excluding hydrogens is 365 g/mol. The maximum absolute atomic E-state index is 12.7. The van der Waals surface area contributed by atoms with Gasteiger partial charge in [-0.1, -0.05) is 17.3 Å². The number of hydrogen-bond acceptors (Lipinski definition) is 4. The Kier molecular flexibility index (Phi) is 4.95. The number of nitrogens with one attached hydrogen (secondary N) is 1. The van der Waals surface area contributed by atoms with Crippen molar-refractivity contribution in [3.63, 3.8) is 0 Å². The maximum Gasteiger partial charge on any atom is 0.416 e. The molecule has 2 N–H and O–H groups in total. The molecule has 1 fully saturated rings. The van der Waals surface area contributed by atoms with Gasteiger partial charge in [0.1, 0.15) is 17.0 Å². The predicted octanol–water partition coefficient (Wildman–Crippen LogP) is 3.65. The molecule has 144 valence electrons. The average Bonchev–Trinajstić information content (AvgIpc) is 2.93. The SMILES string of the molecule is Cc1onc(-c2ccc(C(F)(F)F)cc2)c1C(=O)NC1CC(CC(=O)O)C1. The van der Waals surface area contributed by atoms with Crippen molar-refractivity contribution in [1.29, 1.82) is 0 Å². The van der Waals surface area contributed by atoms with E-state index in [4.69, 9.17) is 9.63 Å². The van der Waals surface area contributed by atoms with Gasteiger partial charge < -0.3 is 14.9 Å². The summed E-state index contributed by atoms with van der Waals surface area (Å²) in [6, 6.07) is 4.18. The molecule has 0 radical (unpaired) electrons. The van der Waals surface area contributed by atoms with Gasteiger partial charge in [0.15, 0.2) is 0 Å². The molecule has 1 aliphatic carbocycles. The molecule has 27 heavy (non-hydrogen) atoms. The number of carbonyl (C=O) groups is 2. The highest BCUT2D eigenvalue weighted by molar-refractivity contribution is 6.01. The number of carboxylic acids is 1. The lowest BCUT2D eigenvalue weighted by Crippen LogP contribution is -2.45. The first kappa shape index (κ1) is 18.9. The van der Waals surface area contributed by atoms with Crippen LogP contribution in [0.1, 0.15) is 40.9 Å². The number of alkyl halides is 3. The molecule has 1 heterocycles. The van der Waals surface area contributed by atoms with Crippen molar-refractivity contribution >= 4 is 11.9 Å². The third kappa shape index (κ3) is 4.12. The Hall–Kier alpha value is -2.84. The van der Waals surface area contributed by atoms with Gasteiger partial charge in [-0.15, -0.1) is 0 Å². The van der Waals surface area contributed by atoms with E-state index in [1.807, 2.05) is 0 Å². The summed E-state index contributed by atoms with van der Waals surface area (Å²) in [5, 5.41) is 15.4. The van der Waals surface area contributed by atoms with Gasteiger partial charge in [-0.05, 0) is 37.8 Å². The van der Waals surface area contributed by atoms with Crippen LogP contribution in [0.15, 0.2) is 28.8 Å². The van der Waals surface area contributed by atoms with E-state index in [2.05, 4.69) is 10.5 Å². The molecule has 1 aromatic carbocycles. The van der Waals surface area contributed by atoms with E-state index in [-0.39, 0.29) is 35.4 Å². The highest BCUT2D eigenvalue weighted by Gasteiger charge is 2.34. The Morgan fingerprint density at radius 2 is 1.89 bits per heavy atom. The lowest BCUT2D eigenvalue weighted by Gasteiger charge is -2.34. The van der Waals surface area contributed by atoms with E-state index >= 15 is 0 Å². The topological polar surface area (TPSA) is 92.4 Å². The van der Waals surface area contributed by atoms with Crippen molar-refractivity contribution in [2.24, 2.45) is 5.92 Å². The van der Waals surface area contributed by atoms with Gasteiger partial charge >= 0.3 is 12.1 Å². The molecular formula is C18H17F3N2O4. The Morgan fingerprint density at radius 3 is 2.44 bits per heavy atom. The van der Waals surface area contributed by atoms with E-state index in [1.54, 1.807) is 6.92 Å². The standard InChI is InChI=1S/C18H17F3N2O4/c1-9-15(17(26)22-13-6-10(7-13)8-14(24)25)16(23-27-9)11-2-4-12(5-3-11)18(19,20)21/h2-5,10,13H,6-8H2,1H3,(H,22,26)(H,24,25). The van der Waals surface area contributed by atoms with E-state index in [9.17, 15) is 22.8 Å². The Labute approximate surface area is 152 Å². The molecule has 3 rings (SSSR count). The van der Waals surface area contributed by atoms with Crippen LogP contribution in [0.2, 0.25) is 0 Å². The molecule has 1 amide bonds. The van der Waals surface area contributed by atoms with Crippen LogP contribution in [0.3, 0.4) is 0 Å². The zero-order chi connectivity index (χ0) is 19.8. The summed E-state index contributed by atoms with van der Waals surface area (Å²) in [7, 11) is 0. The number of benzene rings is 1. The number of amides is 1. The first-order valence-corrected chi connectivity index (χ1v) is 8.31. The summed E-state index contributed by atoms with van der Waals surface area (Å²) >= 11 is 0. The quantitative estimate of drug-likeness (QED) is 0.824. The van der Waals surface area contributed by atoms with Crippen LogP contribution in [0.4, 0.5) is 13.2 Å². The second-order valence-corrected chi connectivity index (χ2v) is 6.64. The van der Waals surface area contributed by atoms with Gasteiger partial charge in [-0.3, -0.25) is 9.59 Å². The molecule has 2 aromatic rings. The molecule has 0 bridgehead atoms. The van der Waals surface area contributed by atoms with Crippen LogP contribution < -0.4 is 5.32 Å². The molecule has 1 aromatic heterocycles. The van der Waals surface area contributed by atoms with E-state index < -0.39 is 23.6 Å². The first-order chi connectivity index (χ1) is 12.6. The molecule has 0 atom stereocenters. The van der Waals surface area contributed by atoms with Gasteiger partial charge in [-0.25, -0.2) is 0 Å². The van der Waals surface area contributed by atoms with Crippen molar-refractivity contribution in [2.45, 2.75) is 38.4 Å². The summed E-state index contributed by atoms with van der Waals surface area (Å²) in [5.74, 6) is -1.03. The van der Waals surface area contributed by atoms with Crippen LogP contribution in [0.25, 0.3) is 11.3 Å². The Bertz CT molecular complexity index is 852. The highest BCUT2D eigenvalue weighted by Crippen LogP contribution is 2.33. The van der Waals surface area contributed by atoms with Gasteiger partial charge in [0.2, 0.25) is 0 Å². The van der Waals surface area contributed by atoms with E-state index in [0.29, 0.717) is 18.4 Å². The van der Waals surface area contributed by atoms with Gasteiger partial charge in [0.05, 0.1) is 5.56 Å².